The van der Waals surface area contributed by atoms with Crippen LogP contribution in [0.1, 0.15) is 0 Å². The number of hydrogen-bond acceptors (Lipinski definition) is 4. The number of oxime groups is 1. The summed E-state index contributed by atoms with van der Waals surface area (Å²) in [5.74, 6) is 0. The molecule has 0 saturated carbocycles. The van der Waals surface area contributed by atoms with Crippen LogP contribution in [0.15, 0.2) is 15.5 Å². The van der Waals surface area contributed by atoms with Crippen molar-refractivity contribution in [3.8, 4) is 0 Å². The fraction of sp³-hybridized carbons (Fsp3) is 0. The second-order valence-electron chi connectivity index (χ2n) is 0.922. The average Bonchev–Trinajstić information content (AvgIpc) is 1.80. The van der Waals surface area contributed by atoms with Crippen LogP contribution < -0.4 is 11.2 Å². The molecular weight excluding hydrogens is 126 g/mol. The molecule has 0 heterocycles. The van der Waals surface area contributed by atoms with E-state index in [2.05, 4.69) is 21.2 Å². The van der Waals surface area contributed by atoms with Gasteiger partial charge >= 0.3 is 6.03 Å². The van der Waals surface area contributed by atoms with Crippen molar-refractivity contribution in [1.29, 1.82) is 0 Å². The van der Waals surface area contributed by atoms with E-state index < -0.39 is 6.03 Å². The van der Waals surface area contributed by atoms with E-state index in [0.717, 1.165) is 6.34 Å². The maximum atomic E-state index is 9.81. The second kappa shape index (κ2) is 4.50. The minimum absolute atomic E-state index is 0.732. The van der Waals surface area contributed by atoms with E-state index in [1.165, 1.54) is 0 Å². The lowest BCUT2D eigenvalue weighted by atomic mass is 11.2. The molecule has 0 saturated heterocycles. The highest BCUT2D eigenvalue weighted by Crippen LogP contribution is 1.62. The number of carbonyl (C=O) groups is 1. The van der Waals surface area contributed by atoms with Gasteiger partial charge in [-0.2, -0.15) is 0 Å². The average molecular weight is 131 g/mol. The molecule has 2 amide bonds. The summed E-state index contributed by atoms with van der Waals surface area (Å²) in [6, 6.07) is -0.829. The molecule has 0 aromatic carbocycles. The van der Waals surface area contributed by atoms with Crippen molar-refractivity contribution < 1.29 is 10.0 Å². The molecule has 4 N–H and O–H groups in total. The first kappa shape index (κ1) is 7.34. The third-order valence-electron chi connectivity index (χ3n) is 0.321. The van der Waals surface area contributed by atoms with Crippen molar-refractivity contribution in [3.05, 3.63) is 0 Å². The van der Waals surface area contributed by atoms with Gasteiger partial charge in [0.05, 0.1) is 0 Å². The summed E-state index contributed by atoms with van der Waals surface area (Å²) in [4.78, 5) is 9.81. The van der Waals surface area contributed by atoms with Crippen molar-refractivity contribution in [2.24, 2.45) is 21.2 Å². The molecule has 0 unspecified atom stereocenters. The number of nitrogens with two attached hydrogens (primary N) is 1. The number of carbonyl (C=O) groups excluding carboxylic acids is 1. The molecule has 0 aliphatic rings. The van der Waals surface area contributed by atoms with E-state index in [1.807, 2.05) is 0 Å². The minimum Gasteiger partial charge on any atom is -0.410 e. The van der Waals surface area contributed by atoms with Crippen LogP contribution in [0.3, 0.4) is 0 Å². The number of rotatable bonds is 2. The summed E-state index contributed by atoms with van der Waals surface area (Å²) in [7, 11) is 0. The Morgan fingerprint density at radius 3 is 2.89 bits per heavy atom. The highest BCUT2D eigenvalue weighted by Gasteiger charge is 1.81. The monoisotopic (exact) mass is 131 g/mol. The number of hydrogen-bond donors (Lipinski definition) is 3. The zero-order chi connectivity index (χ0) is 7.11. The Morgan fingerprint density at radius 1 is 1.78 bits per heavy atom. The SMILES string of the molecule is NC(=O)NN=NC=NO. The quantitative estimate of drug-likeness (QED) is 0.153. The van der Waals surface area contributed by atoms with Crippen molar-refractivity contribution in [2.75, 3.05) is 0 Å². The van der Waals surface area contributed by atoms with Gasteiger partial charge in [-0.05, 0) is 0 Å². The molecule has 7 heteroatoms. The van der Waals surface area contributed by atoms with Gasteiger partial charge in [0.2, 0.25) is 0 Å². The van der Waals surface area contributed by atoms with E-state index in [-0.39, 0.29) is 0 Å². The molecule has 0 aliphatic heterocycles. The fourth-order valence-corrected chi connectivity index (χ4v) is 0.127. The van der Waals surface area contributed by atoms with Gasteiger partial charge in [-0.25, -0.2) is 10.2 Å². The first-order valence-electron chi connectivity index (χ1n) is 1.88. The van der Waals surface area contributed by atoms with E-state index in [4.69, 9.17) is 5.21 Å². The van der Waals surface area contributed by atoms with Crippen LogP contribution >= 0.6 is 0 Å². The Morgan fingerprint density at radius 2 is 2.44 bits per heavy atom. The zero-order valence-electron chi connectivity index (χ0n) is 4.35. The van der Waals surface area contributed by atoms with Crippen LogP contribution in [0.4, 0.5) is 4.79 Å². The van der Waals surface area contributed by atoms with Crippen LogP contribution in [-0.2, 0) is 0 Å². The third-order valence-corrected chi connectivity index (χ3v) is 0.321. The molecule has 0 aliphatic carbocycles. The highest BCUT2D eigenvalue weighted by molar-refractivity contribution is 5.71. The molecule has 0 bridgehead atoms. The lowest BCUT2D eigenvalue weighted by Gasteiger charge is -1.83. The van der Waals surface area contributed by atoms with Gasteiger partial charge in [-0.1, -0.05) is 10.4 Å². The summed E-state index contributed by atoms with van der Waals surface area (Å²) in [5.41, 5.74) is 6.34. The predicted octanol–water partition coefficient (Wildman–Crippen LogP) is -0.561. The molecule has 0 fully saturated rings. The molecule has 7 nitrogen and oxygen atoms in total. The maximum Gasteiger partial charge on any atom is 0.333 e. The molecule has 9 heavy (non-hydrogen) atoms. The number of nitrogens with zero attached hydrogens (tertiary/aromatic N) is 3. The molecule has 0 spiro atoms. The molecule has 0 aromatic rings. The van der Waals surface area contributed by atoms with Gasteiger partial charge in [-0.15, -0.1) is 5.11 Å². The number of urea groups is 1. The number of nitrogens with one attached hydrogen (secondary N) is 1. The van der Waals surface area contributed by atoms with Crippen LogP contribution in [0.5, 0.6) is 0 Å². The highest BCUT2D eigenvalue weighted by atomic mass is 16.4. The van der Waals surface area contributed by atoms with Gasteiger partial charge in [0.25, 0.3) is 0 Å². The standard InChI is InChI=1S/C2H5N5O2/c3-2(8)6-7-4-1-5-9/h1,9H,(H3,3,4,5,6,8). The molecule has 0 aromatic heterocycles. The van der Waals surface area contributed by atoms with Gasteiger partial charge in [0.15, 0.2) is 6.34 Å². The molecule has 0 atom stereocenters. The van der Waals surface area contributed by atoms with Gasteiger partial charge < -0.3 is 10.9 Å². The Labute approximate surface area is 50.2 Å². The predicted molar refractivity (Wildman–Crippen MR) is 27.9 cm³/mol. The smallest absolute Gasteiger partial charge is 0.333 e. The molecule has 50 valence electrons. The normalized spacial score (nSPS) is 10.7. The van der Waals surface area contributed by atoms with E-state index in [1.54, 1.807) is 5.43 Å². The van der Waals surface area contributed by atoms with Crippen LogP contribution in [0.2, 0.25) is 0 Å². The van der Waals surface area contributed by atoms with Gasteiger partial charge in [-0.3, -0.25) is 0 Å². The summed E-state index contributed by atoms with van der Waals surface area (Å²) >= 11 is 0. The first-order valence-corrected chi connectivity index (χ1v) is 1.88. The Hall–Kier alpha value is -1.66. The van der Waals surface area contributed by atoms with Crippen molar-refractivity contribution in [2.45, 2.75) is 0 Å². The van der Waals surface area contributed by atoms with E-state index in [9.17, 15) is 4.79 Å². The summed E-state index contributed by atoms with van der Waals surface area (Å²) in [5, 5.41) is 16.1. The lowest BCUT2D eigenvalue weighted by Crippen LogP contribution is -2.23. The molecule has 0 radical (unpaired) electrons. The summed E-state index contributed by atoms with van der Waals surface area (Å²) in [6.45, 7) is 0. The van der Waals surface area contributed by atoms with Gasteiger partial charge in [0.1, 0.15) is 0 Å². The number of amides is 2. The Bertz CT molecular complexity index is 140. The molecule has 0 rings (SSSR count). The zero-order valence-corrected chi connectivity index (χ0v) is 4.35. The van der Waals surface area contributed by atoms with Crippen molar-refractivity contribution in [3.63, 3.8) is 0 Å². The summed E-state index contributed by atoms with van der Waals surface area (Å²) < 4.78 is 0. The van der Waals surface area contributed by atoms with Crippen LogP contribution in [0.25, 0.3) is 0 Å². The van der Waals surface area contributed by atoms with E-state index in [0.29, 0.717) is 0 Å². The van der Waals surface area contributed by atoms with Crippen LogP contribution in [-0.4, -0.2) is 17.6 Å². The Balaban J connectivity index is 3.36. The van der Waals surface area contributed by atoms with Crippen molar-refractivity contribution in [1.82, 2.24) is 5.43 Å². The van der Waals surface area contributed by atoms with Crippen LogP contribution in [0, 0.1) is 0 Å². The van der Waals surface area contributed by atoms with Crippen molar-refractivity contribution >= 4 is 12.4 Å². The third kappa shape index (κ3) is 6.34. The van der Waals surface area contributed by atoms with Gasteiger partial charge in [0, 0.05) is 0 Å². The minimum atomic E-state index is -0.829. The molecular formula is C2H5N5O2. The largest absolute Gasteiger partial charge is 0.410 e. The number of primary amides is 1. The summed E-state index contributed by atoms with van der Waals surface area (Å²) in [6.07, 6.45) is 0.732. The fourth-order valence-electron chi connectivity index (χ4n) is 0.127. The first-order chi connectivity index (χ1) is 4.27. The lowest BCUT2D eigenvalue weighted by molar-refractivity contribution is 0.249. The second-order valence-corrected chi connectivity index (χ2v) is 0.922. The Kier molecular flexibility index (Phi) is 3.67. The maximum absolute atomic E-state index is 9.81. The topological polar surface area (TPSA) is 112 Å². The van der Waals surface area contributed by atoms with E-state index >= 15 is 0 Å².